The van der Waals surface area contributed by atoms with Gasteiger partial charge in [-0.1, -0.05) is 36.4 Å². The van der Waals surface area contributed by atoms with Crippen LogP contribution in [0, 0.1) is 0 Å². The van der Waals surface area contributed by atoms with Crippen molar-refractivity contribution in [1.82, 2.24) is 0 Å². The molecule has 1 nitrogen and oxygen atoms in total. The summed E-state index contributed by atoms with van der Waals surface area (Å²) in [7, 11) is 0. The molecule has 0 spiro atoms. The third kappa shape index (κ3) is 2.12. The summed E-state index contributed by atoms with van der Waals surface area (Å²) < 4.78 is 0. The molecule has 0 amide bonds. The van der Waals surface area contributed by atoms with E-state index >= 15 is 0 Å². The number of aliphatic imine (C=N–C) groups is 1. The van der Waals surface area contributed by atoms with Crippen molar-refractivity contribution in [3.05, 3.63) is 48.6 Å². The second-order valence-electron chi connectivity index (χ2n) is 2.31. The number of hydrogen-bond donors (Lipinski definition) is 0. The maximum Gasteiger partial charge on any atom is 0.103 e. The van der Waals surface area contributed by atoms with Gasteiger partial charge in [0, 0.05) is 0 Å². The Balaban J connectivity index is 2.94. The van der Waals surface area contributed by atoms with E-state index in [0.29, 0.717) is 0 Å². The third-order valence-electron chi connectivity index (χ3n) is 1.56. The molecule has 0 bridgehead atoms. The third-order valence-corrected chi connectivity index (χ3v) is 1.66. The summed E-state index contributed by atoms with van der Waals surface area (Å²) in [5.41, 5.74) is 1.09. The van der Waals surface area contributed by atoms with E-state index in [1.165, 1.54) is 0 Å². The Hall–Kier alpha value is -1.24. The minimum Gasteiger partial charge on any atom is -0.220 e. The Kier molecular flexibility index (Phi) is 3.39. The minimum atomic E-state index is -0.0521. The van der Waals surface area contributed by atoms with E-state index < -0.39 is 0 Å². The van der Waals surface area contributed by atoms with Gasteiger partial charge < -0.3 is 0 Å². The van der Waals surface area contributed by atoms with Crippen LogP contribution in [0.25, 0.3) is 0 Å². The minimum absolute atomic E-state index is 0.0521. The fourth-order valence-corrected chi connectivity index (χ4v) is 1.08. The van der Waals surface area contributed by atoms with E-state index in [-0.39, 0.29) is 6.04 Å². The summed E-state index contributed by atoms with van der Waals surface area (Å²) in [6.07, 6.45) is 1.74. The molecular weight excluding hydrogens is 166 g/mol. The van der Waals surface area contributed by atoms with E-state index in [0.717, 1.165) is 5.56 Å². The Labute approximate surface area is 77.5 Å². The summed E-state index contributed by atoms with van der Waals surface area (Å²) in [6, 6.07) is 9.81. The van der Waals surface area contributed by atoms with E-state index in [1.807, 2.05) is 30.3 Å². The van der Waals surface area contributed by atoms with Crippen molar-refractivity contribution in [2.24, 2.45) is 4.99 Å². The fourth-order valence-electron chi connectivity index (χ4n) is 0.970. The molecule has 0 saturated heterocycles. The van der Waals surface area contributed by atoms with E-state index in [9.17, 15) is 0 Å². The van der Waals surface area contributed by atoms with Gasteiger partial charge in [-0.2, -0.15) is 0 Å². The lowest BCUT2D eigenvalue weighted by Crippen LogP contribution is -1.88. The molecule has 1 aromatic carbocycles. The van der Waals surface area contributed by atoms with Crippen molar-refractivity contribution in [1.29, 1.82) is 0 Å². The molecule has 2 heteroatoms. The van der Waals surface area contributed by atoms with Gasteiger partial charge in [0.25, 0.3) is 0 Å². The van der Waals surface area contributed by atoms with Crippen LogP contribution in [-0.4, -0.2) is 5.16 Å². The maximum atomic E-state index is 4.53. The SMILES string of the molecule is C=CC(N=C=S)c1ccccc1. The number of isothiocyanates is 1. The second kappa shape index (κ2) is 4.60. The highest BCUT2D eigenvalue weighted by atomic mass is 32.1. The lowest BCUT2D eigenvalue weighted by atomic mass is 10.1. The first-order valence-corrected chi connectivity index (χ1v) is 4.04. The van der Waals surface area contributed by atoms with Crippen LogP contribution in [-0.2, 0) is 0 Å². The van der Waals surface area contributed by atoms with Crippen molar-refractivity contribution < 1.29 is 0 Å². The van der Waals surface area contributed by atoms with Gasteiger partial charge in [0.2, 0.25) is 0 Å². The summed E-state index contributed by atoms with van der Waals surface area (Å²) in [4.78, 5) is 3.96. The van der Waals surface area contributed by atoms with Crippen molar-refractivity contribution in [3.63, 3.8) is 0 Å². The van der Waals surface area contributed by atoms with Gasteiger partial charge in [0.05, 0.1) is 5.16 Å². The average molecular weight is 175 g/mol. The van der Waals surface area contributed by atoms with Gasteiger partial charge in [-0.3, -0.25) is 0 Å². The first kappa shape index (κ1) is 8.85. The van der Waals surface area contributed by atoms with Gasteiger partial charge in [0.15, 0.2) is 0 Å². The number of thiocarbonyl (C=S) groups is 1. The van der Waals surface area contributed by atoms with Crippen LogP contribution in [0.5, 0.6) is 0 Å². The van der Waals surface area contributed by atoms with Crippen LogP contribution in [0.3, 0.4) is 0 Å². The van der Waals surface area contributed by atoms with Crippen molar-refractivity contribution in [2.75, 3.05) is 0 Å². The highest BCUT2D eigenvalue weighted by Crippen LogP contribution is 2.16. The highest BCUT2D eigenvalue weighted by molar-refractivity contribution is 7.78. The number of nitrogens with zero attached hydrogens (tertiary/aromatic N) is 1. The quantitative estimate of drug-likeness (QED) is 0.391. The van der Waals surface area contributed by atoms with Crippen LogP contribution < -0.4 is 0 Å². The number of hydrogen-bond acceptors (Lipinski definition) is 2. The van der Waals surface area contributed by atoms with E-state index in [1.54, 1.807) is 6.08 Å². The molecule has 0 heterocycles. The van der Waals surface area contributed by atoms with Crippen LogP contribution in [0.1, 0.15) is 11.6 Å². The zero-order valence-electron chi connectivity index (χ0n) is 6.60. The summed E-state index contributed by atoms with van der Waals surface area (Å²) in [5.74, 6) is 0. The molecule has 0 N–H and O–H groups in total. The lowest BCUT2D eigenvalue weighted by Gasteiger charge is -2.03. The lowest BCUT2D eigenvalue weighted by molar-refractivity contribution is 0.925. The standard InChI is InChI=1S/C10H9NS/c1-2-10(11-8-12)9-6-4-3-5-7-9/h2-7,10H,1H2. The van der Waals surface area contributed by atoms with E-state index in [4.69, 9.17) is 0 Å². The van der Waals surface area contributed by atoms with Crippen molar-refractivity contribution in [2.45, 2.75) is 6.04 Å². The molecule has 1 unspecified atom stereocenters. The molecule has 1 rings (SSSR count). The molecule has 0 aliphatic carbocycles. The monoisotopic (exact) mass is 175 g/mol. The molecule has 0 saturated carbocycles. The molecule has 0 aromatic heterocycles. The number of rotatable bonds is 3. The van der Waals surface area contributed by atoms with Gasteiger partial charge in [-0.25, -0.2) is 4.99 Å². The highest BCUT2D eigenvalue weighted by Gasteiger charge is 2.01. The first-order chi connectivity index (χ1) is 5.88. The first-order valence-electron chi connectivity index (χ1n) is 3.63. The zero-order chi connectivity index (χ0) is 8.81. The van der Waals surface area contributed by atoms with Gasteiger partial charge in [0.1, 0.15) is 6.04 Å². The molecule has 0 aliphatic rings. The fraction of sp³-hybridized carbons (Fsp3) is 0.100. The van der Waals surface area contributed by atoms with Crippen LogP contribution in [0.2, 0.25) is 0 Å². The predicted molar refractivity (Wildman–Crippen MR) is 54.4 cm³/mol. The Bertz CT molecular complexity index is 299. The molecule has 60 valence electrons. The second-order valence-corrected chi connectivity index (χ2v) is 2.49. The molecule has 1 atom stereocenters. The molecular formula is C10H9NS. The van der Waals surface area contributed by atoms with Crippen molar-refractivity contribution in [3.8, 4) is 0 Å². The van der Waals surface area contributed by atoms with Crippen molar-refractivity contribution >= 4 is 17.4 Å². The molecule has 0 fully saturated rings. The van der Waals surface area contributed by atoms with Crippen LogP contribution in [0.15, 0.2) is 48.0 Å². The predicted octanol–water partition coefficient (Wildman–Crippen LogP) is 3.02. The zero-order valence-corrected chi connectivity index (χ0v) is 7.42. The van der Waals surface area contributed by atoms with Gasteiger partial charge in [-0.15, -0.1) is 6.58 Å². The van der Waals surface area contributed by atoms with E-state index in [2.05, 4.69) is 29.0 Å². The maximum absolute atomic E-state index is 4.53. The Morgan fingerprint density at radius 2 is 2.08 bits per heavy atom. The largest absolute Gasteiger partial charge is 0.220 e. The summed E-state index contributed by atoms with van der Waals surface area (Å²) in [6.45, 7) is 3.68. The smallest absolute Gasteiger partial charge is 0.103 e. The molecule has 12 heavy (non-hydrogen) atoms. The van der Waals surface area contributed by atoms with Crippen LogP contribution in [0.4, 0.5) is 0 Å². The topological polar surface area (TPSA) is 12.4 Å². The van der Waals surface area contributed by atoms with Crippen LogP contribution >= 0.6 is 12.2 Å². The average Bonchev–Trinajstić information content (AvgIpc) is 2.15. The van der Waals surface area contributed by atoms with Gasteiger partial charge >= 0.3 is 0 Å². The Morgan fingerprint density at radius 3 is 2.58 bits per heavy atom. The molecule has 0 aliphatic heterocycles. The van der Waals surface area contributed by atoms with Gasteiger partial charge in [-0.05, 0) is 17.8 Å². The molecule has 1 aromatic rings. The molecule has 0 radical (unpaired) electrons. The number of benzene rings is 1. The summed E-state index contributed by atoms with van der Waals surface area (Å²) in [5, 5.41) is 2.35. The Morgan fingerprint density at radius 1 is 1.42 bits per heavy atom. The summed E-state index contributed by atoms with van der Waals surface area (Å²) >= 11 is 4.53. The normalized spacial score (nSPS) is 11.3.